The quantitative estimate of drug-likeness (QED) is 0.306. The summed E-state index contributed by atoms with van der Waals surface area (Å²) < 4.78 is 18.3. The van der Waals surface area contributed by atoms with Crippen LogP contribution in [0.1, 0.15) is 38.2 Å². The minimum atomic E-state index is -0.691. The van der Waals surface area contributed by atoms with Gasteiger partial charge in [0.2, 0.25) is 0 Å². The first-order valence-corrected chi connectivity index (χ1v) is 9.89. The summed E-state index contributed by atoms with van der Waals surface area (Å²) in [6.45, 7) is 5.70. The molecular weight excluding hydrogens is 351 g/mol. The Morgan fingerprint density at radius 2 is 1.93 bits per heavy atom. The van der Waals surface area contributed by atoms with Gasteiger partial charge in [-0.1, -0.05) is 61.9 Å². The normalized spacial score (nSPS) is 12.1. The molecule has 1 aromatic heterocycles. The first-order valence-electron chi connectivity index (χ1n) is 9.89. The Bertz CT molecular complexity index is 906. The van der Waals surface area contributed by atoms with Crippen molar-refractivity contribution in [2.45, 2.75) is 45.2 Å². The molecule has 3 rings (SSSR count). The first kappa shape index (κ1) is 20.0. The van der Waals surface area contributed by atoms with E-state index in [2.05, 4.69) is 40.8 Å². The zero-order valence-corrected chi connectivity index (χ0v) is 16.4. The lowest BCUT2D eigenvalue weighted by Crippen LogP contribution is -1.96. The molecule has 0 saturated heterocycles. The monoisotopic (exact) mass is 378 g/mol. The predicted molar refractivity (Wildman–Crippen MR) is 113 cm³/mol. The molecule has 4 heteroatoms. The van der Waals surface area contributed by atoms with Gasteiger partial charge in [0.25, 0.3) is 0 Å². The minimum Gasteiger partial charge on any atom is -0.486 e. The fraction of sp³-hybridized carbons (Fsp3) is 0.333. The van der Waals surface area contributed by atoms with Crippen molar-refractivity contribution in [1.82, 2.24) is 9.97 Å². The number of nitrogens with zero attached hydrogens (tertiary/aromatic N) is 2. The van der Waals surface area contributed by atoms with E-state index in [0.717, 1.165) is 36.6 Å². The summed E-state index contributed by atoms with van der Waals surface area (Å²) in [6, 6.07) is 12.8. The van der Waals surface area contributed by atoms with Crippen molar-refractivity contribution in [1.29, 1.82) is 0 Å². The van der Waals surface area contributed by atoms with Crippen LogP contribution in [0.15, 0.2) is 61.4 Å². The highest BCUT2D eigenvalue weighted by molar-refractivity contribution is 5.95. The fourth-order valence-electron chi connectivity index (χ4n) is 3.30. The molecule has 0 radical (unpaired) electrons. The van der Waals surface area contributed by atoms with Crippen LogP contribution in [0, 0.1) is 0 Å². The van der Waals surface area contributed by atoms with Gasteiger partial charge in [-0.05, 0) is 42.5 Å². The summed E-state index contributed by atoms with van der Waals surface area (Å²) in [5, 5.41) is 2.32. The molecule has 3 aromatic rings. The molecule has 0 aliphatic rings. The Morgan fingerprint density at radius 3 is 2.68 bits per heavy atom. The fourth-order valence-corrected chi connectivity index (χ4v) is 3.30. The van der Waals surface area contributed by atoms with Gasteiger partial charge in [0.15, 0.2) is 11.6 Å². The van der Waals surface area contributed by atoms with Crippen molar-refractivity contribution in [3.8, 4) is 17.1 Å². The second-order valence-corrected chi connectivity index (χ2v) is 7.08. The number of rotatable bonds is 10. The van der Waals surface area contributed by atoms with Crippen LogP contribution < -0.4 is 4.74 Å². The molecule has 3 nitrogen and oxygen atoms in total. The summed E-state index contributed by atoms with van der Waals surface area (Å²) in [7, 11) is 0. The lowest BCUT2D eigenvalue weighted by atomic mass is 9.99. The Kier molecular flexibility index (Phi) is 7.12. The van der Waals surface area contributed by atoms with Gasteiger partial charge in [0.1, 0.15) is 6.61 Å². The molecule has 1 atom stereocenters. The molecule has 0 saturated carbocycles. The zero-order chi connectivity index (χ0) is 19.8. The second-order valence-electron chi connectivity index (χ2n) is 7.08. The van der Waals surface area contributed by atoms with E-state index >= 15 is 0 Å². The number of benzene rings is 2. The molecule has 0 N–H and O–H groups in total. The van der Waals surface area contributed by atoms with Gasteiger partial charge >= 0.3 is 0 Å². The van der Waals surface area contributed by atoms with Gasteiger partial charge in [-0.2, -0.15) is 0 Å². The predicted octanol–water partition coefficient (Wildman–Crippen LogP) is 6.32. The highest BCUT2D eigenvalue weighted by atomic mass is 19.1. The standard InChI is InChI=1S/C24H27FN2O/c1-3-14-28-21-16-26-24(27-17-21)23-11-7-10-20-15-19(12-13-22(20)23)9-6-4-5-8-18(2)25/h3,7,10-13,15-18H,1,4-6,8-9,14H2,2H3. The number of ether oxygens (including phenoxy) is 1. The molecule has 0 fully saturated rings. The molecule has 0 aliphatic carbocycles. The van der Waals surface area contributed by atoms with Gasteiger partial charge < -0.3 is 4.74 Å². The van der Waals surface area contributed by atoms with Crippen LogP contribution in [0.4, 0.5) is 4.39 Å². The van der Waals surface area contributed by atoms with Crippen molar-refractivity contribution in [3.05, 3.63) is 67.0 Å². The van der Waals surface area contributed by atoms with Gasteiger partial charge in [-0.3, -0.25) is 0 Å². The molecular formula is C24H27FN2O. The third-order valence-electron chi connectivity index (χ3n) is 4.75. The molecule has 0 bridgehead atoms. The average molecular weight is 378 g/mol. The molecule has 1 unspecified atom stereocenters. The minimum absolute atomic E-state index is 0.437. The number of fused-ring (bicyclic) bond motifs is 1. The van der Waals surface area contributed by atoms with E-state index in [1.807, 2.05) is 12.1 Å². The van der Waals surface area contributed by atoms with Crippen LogP contribution >= 0.6 is 0 Å². The van der Waals surface area contributed by atoms with Gasteiger partial charge in [-0.25, -0.2) is 14.4 Å². The van der Waals surface area contributed by atoms with Crippen LogP contribution in [-0.2, 0) is 6.42 Å². The number of unbranched alkanes of at least 4 members (excludes halogenated alkanes) is 2. The molecule has 0 spiro atoms. The molecule has 0 aliphatic heterocycles. The topological polar surface area (TPSA) is 35.0 Å². The number of hydrogen-bond acceptors (Lipinski definition) is 3. The lowest BCUT2D eigenvalue weighted by Gasteiger charge is -2.09. The van der Waals surface area contributed by atoms with Gasteiger partial charge in [0.05, 0.1) is 18.6 Å². The van der Waals surface area contributed by atoms with Crippen LogP contribution in [-0.4, -0.2) is 22.7 Å². The SMILES string of the molecule is C=CCOc1cnc(-c2cccc3cc(CCCCCC(C)F)ccc23)nc1. The first-order chi connectivity index (χ1) is 13.7. The Balaban J connectivity index is 1.71. The summed E-state index contributed by atoms with van der Waals surface area (Å²) in [5.74, 6) is 1.32. The highest BCUT2D eigenvalue weighted by Gasteiger charge is 2.08. The van der Waals surface area contributed by atoms with Crippen LogP contribution in [0.2, 0.25) is 0 Å². The lowest BCUT2D eigenvalue weighted by molar-refractivity contribution is 0.330. The van der Waals surface area contributed by atoms with Crippen molar-refractivity contribution in [3.63, 3.8) is 0 Å². The Morgan fingerprint density at radius 1 is 1.11 bits per heavy atom. The molecule has 1 heterocycles. The largest absolute Gasteiger partial charge is 0.486 e. The Labute approximate surface area is 166 Å². The third-order valence-corrected chi connectivity index (χ3v) is 4.75. The maximum Gasteiger partial charge on any atom is 0.159 e. The van der Waals surface area contributed by atoms with Gasteiger partial charge in [-0.15, -0.1) is 0 Å². The summed E-state index contributed by atoms with van der Waals surface area (Å²) >= 11 is 0. The summed E-state index contributed by atoms with van der Waals surface area (Å²) in [4.78, 5) is 8.92. The van der Waals surface area contributed by atoms with Crippen molar-refractivity contribution in [2.24, 2.45) is 0 Å². The molecule has 2 aromatic carbocycles. The number of aryl methyl sites for hydroxylation is 1. The van der Waals surface area contributed by atoms with Crippen molar-refractivity contribution < 1.29 is 9.13 Å². The van der Waals surface area contributed by atoms with Crippen molar-refractivity contribution >= 4 is 10.8 Å². The maximum atomic E-state index is 12.9. The van der Waals surface area contributed by atoms with E-state index in [1.54, 1.807) is 25.4 Å². The molecule has 28 heavy (non-hydrogen) atoms. The van der Waals surface area contributed by atoms with Crippen LogP contribution in [0.25, 0.3) is 22.2 Å². The zero-order valence-electron chi connectivity index (χ0n) is 16.4. The summed E-state index contributed by atoms with van der Waals surface area (Å²) in [6.07, 6.45) is 9.19. The number of alkyl halides is 1. The van der Waals surface area contributed by atoms with Crippen molar-refractivity contribution in [2.75, 3.05) is 6.61 Å². The van der Waals surface area contributed by atoms with E-state index < -0.39 is 6.17 Å². The average Bonchev–Trinajstić information content (AvgIpc) is 2.71. The molecule has 146 valence electrons. The third kappa shape index (κ3) is 5.38. The number of halogens is 1. The van der Waals surface area contributed by atoms with E-state index in [4.69, 9.17) is 4.74 Å². The van der Waals surface area contributed by atoms with Crippen LogP contribution in [0.5, 0.6) is 5.75 Å². The van der Waals surface area contributed by atoms with Gasteiger partial charge in [0, 0.05) is 5.56 Å². The molecule has 0 amide bonds. The maximum absolute atomic E-state index is 12.9. The number of aromatic nitrogens is 2. The van der Waals surface area contributed by atoms with E-state index in [9.17, 15) is 4.39 Å². The van der Waals surface area contributed by atoms with E-state index in [-0.39, 0.29) is 0 Å². The van der Waals surface area contributed by atoms with Crippen LogP contribution in [0.3, 0.4) is 0 Å². The second kappa shape index (κ2) is 9.98. The number of hydrogen-bond donors (Lipinski definition) is 0. The van der Waals surface area contributed by atoms with E-state index in [1.165, 1.54) is 10.9 Å². The highest BCUT2D eigenvalue weighted by Crippen LogP contribution is 2.28. The van der Waals surface area contributed by atoms with E-state index in [0.29, 0.717) is 24.6 Å². The Hall–Kier alpha value is -2.75. The summed E-state index contributed by atoms with van der Waals surface area (Å²) in [5.41, 5.74) is 2.32. The smallest absolute Gasteiger partial charge is 0.159 e.